The predicted molar refractivity (Wildman–Crippen MR) is 139 cm³/mol. The molecule has 5 rings (SSSR count). The summed E-state index contributed by atoms with van der Waals surface area (Å²) in [5.74, 6) is -1.48. The fraction of sp³-hybridized carbons (Fsp3) is 0.231. The molecule has 1 amide bonds. The number of amides is 1. The lowest BCUT2D eigenvalue weighted by Crippen LogP contribution is -2.44. The maximum atomic E-state index is 13.2. The first-order chi connectivity index (χ1) is 16.4. The smallest absolute Gasteiger partial charge is 0.300 e. The highest BCUT2D eigenvalue weighted by molar-refractivity contribution is 9.10. The number of ketones is 1. The number of anilines is 2. The van der Waals surface area contributed by atoms with Gasteiger partial charge in [-0.3, -0.25) is 14.5 Å². The lowest BCUT2D eigenvalue weighted by molar-refractivity contribution is -0.132. The van der Waals surface area contributed by atoms with Crippen LogP contribution in [0.5, 0.6) is 0 Å². The molecule has 1 N–H and O–H groups in total. The maximum Gasteiger partial charge on any atom is 0.300 e. The number of rotatable bonds is 4. The molecule has 2 aromatic carbocycles. The molecule has 0 bridgehead atoms. The summed E-state index contributed by atoms with van der Waals surface area (Å²) in [6.45, 7) is 3.90. The molecule has 0 aliphatic carbocycles. The number of carbonyl (C=O) groups is 2. The van der Waals surface area contributed by atoms with E-state index in [0.29, 0.717) is 11.3 Å². The summed E-state index contributed by atoms with van der Waals surface area (Å²) in [6.07, 6.45) is 0. The molecule has 34 heavy (non-hydrogen) atoms. The Balaban J connectivity index is 1.54. The van der Waals surface area contributed by atoms with E-state index in [0.717, 1.165) is 41.2 Å². The van der Waals surface area contributed by atoms with E-state index in [4.69, 9.17) is 0 Å². The van der Waals surface area contributed by atoms with Crippen molar-refractivity contribution in [2.24, 2.45) is 0 Å². The molecule has 2 aliphatic heterocycles. The monoisotopic (exact) mass is 537 g/mol. The van der Waals surface area contributed by atoms with Gasteiger partial charge in [0.1, 0.15) is 11.8 Å². The van der Waals surface area contributed by atoms with E-state index in [1.165, 1.54) is 16.2 Å². The van der Waals surface area contributed by atoms with E-state index >= 15 is 0 Å². The van der Waals surface area contributed by atoms with Crippen molar-refractivity contribution in [3.63, 3.8) is 0 Å². The van der Waals surface area contributed by atoms with E-state index in [1.54, 1.807) is 24.3 Å². The molecule has 6 nitrogen and oxygen atoms in total. The Hall–Kier alpha value is -2.94. The van der Waals surface area contributed by atoms with Crippen molar-refractivity contribution < 1.29 is 14.7 Å². The largest absolute Gasteiger partial charge is 0.507 e. The number of hydrogen-bond donors (Lipinski definition) is 1. The van der Waals surface area contributed by atoms with Crippen LogP contribution in [-0.4, -0.2) is 54.9 Å². The van der Waals surface area contributed by atoms with Gasteiger partial charge in [0, 0.05) is 52.5 Å². The van der Waals surface area contributed by atoms with Gasteiger partial charge in [-0.2, -0.15) is 0 Å². The number of aliphatic hydroxyl groups excluding tert-OH is 1. The summed E-state index contributed by atoms with van der Waals surface area (Å²) in [5, 5.41) is 13.0. The topological polar surface area (TPSA) is 64.1 Å². The van der Waals surface area contributed by atoms with Crippen LogP contribution in [-0.2, 0) is 9.59 Å². The van der Waals surface area contributed by atoms with Crippen LogP contribution >= 0.6 is 27.3 Å². The van der Waals surface area contributed by atoms with Gasteiger partial charge in [0.05, 0.1) is 5.57 Å². The highest BCUT2D eigenvalue weighted by Crippen LogP contribution is 2.43. The van der Waals surface area contributed by atoms with Gasteiger partial charge in [-0.05, 0) is 54.9 Å². The van der Waals surface area contributed by atoms with Crippen molar-refractivity contribution in [1.29, 1.82) is 0 Å². The molecule has 2 aliphatic rings. The van der Waals surface area contributed by atoms with Crippen LogP contribution in [0.2, 0.25) is 0 Å². The Morgan fingerprint density at radius 1 is 0.941 bits per heavy atom. The lowest BCUT2D eigenvalue weighted by atomic mass is 10.00. The minimum absolute atomic E-state index is 0.109. The molecule has 0 spiro atoms. The predicted octanol–water partition coefficient (Wildman–Crippen LogP) is 4.89. The van der Waals surface area contributed by atoms with Gasteiger partial charge in [-0.1, -0.05) is 34.1 Å². The summed E-state index contributed by atoms with van der Waals surface area (Å²) >= 11 is 4.85. The average molecular weight is 538 g/mol. The Labute approximate surface area is 210 Å². The number of hydrogen-bond acceptors (Lipinski definition) is 6. The molecule has 1 atom stereocenters. The minimum Gasteiger partial charge on any atom is -0.507 e. The molecule has 3 heterocycles. The van der Waals surface area contributed by atoms with Crippen LogP contribution < -0.4 is 9.80 Å². The van der Waals surface area contributed by atoms with Crippen LogP contribution in [0.3, 0.4) is 0 Å². The van der Waals surface area contributed by atoms with Gasteiger partial charge in [0.25, 0.3) is 11.7 Å². The normalized spacial score (nSPS) is 20.8. The molecular weight excluding hydrogens is 514 g/mol. The van der Waals surface area contributed by atoms with E-state index in [-0.39, 0.29) is 11.3 Å². The van der Waals surface area contributed by atoms with Crippen LogP contribution in [0.15, 0.2) is 76.1 Å². The zero-order valence-corrected chi connectivity index (χ0v) is 21.1. The minimum atomic E-state index is -0.682. The van der Waals surface area contributed by atoms with Crippen molar-refractivity contribution in [3.05, 3.63) is 86.5 Å². The highest BCUT2D eigenvalue weighted by Gasteiger charge is 2.47. The molecular formula is C26H24BrN3O3S. The van der Waals surface area contributed by atoms with E-state index in [1.807, 2.05) is 41.8 Å². The molecule has 2 saturated heterocycles. The molecule has 3 aromatic rings. The molecule has 0 radical (unpaired) electrons. The molecule has 0 saturated carbocycles. The second-order valence-electron chi connectivity index (χ2n) is 8.50. The van der Waals surface area contributed by atoms with E-state index in [9.17, 15) is 14.7 Å². The summed E-state index contributed by atoms with van der Waals surface area (Å²) in [7, 11) is 2.12. The van der Waals surface area contributed by atoms with Gasteiger partial charge in [-0.25, -0.2) is 0 Å². The highest BCUT2D eigenvalue weighted by atomic mass is 79.9. The van der Waals surface area contributed by atoms with Crippen molar-refractivity contribution in [1.82, 2.24) is 4.90 Å². The van der Waals surface area contributed by atoms with Gasteiger partial charge < -0.3 is 14.9 Å². The lowest BCUT2D eigenvalue weighted by Gasteiger charge is -2.34. The summed E-state index contributed by atoms with van der Waals surface area (Å²) < 4.78 is 0.861. The van der Waals surface area contributed by atoms with E-state index < -0.39 is 17.7 Å². The van der Waals surface area contributed by atoms with Gasteiger partial charge in [0.15, 0.2) is 0 Å². The summed E-state index contributed by atoms with van der Waals surface area (Å²) in [4.78, 5) is 33.4. The summed E-state index contributed by atoms with van der Waals surface area (Å²) in [6, 6.07) is 17.9. The molecule has 174 valence electrons. The van der Waals surface area contributed by atoms with Gasteiger partial charge in [-0.15, -0.1) is 11.3 Å². The van der Waals surface area contributed by atoms with Crippen LogP contribution in [0.25, 0.3) is 5.76 Å². The quantitative estimate of drug-likeness (QED) is 0.291. The fourth-order valence-electron chi connectivity index (χ4n) is 4.47. The summed E-state index contributed by atoms with van der Waals surface area (Å²) in [5.41, 5.74) is 2.33. The van der Waals surface area contributed by atoms with Gasteiger partial charge in [0.2, 0.25) is 0 Å². The third-order valence-electron chi connectivity index (χ3n) is 6.37. The second-order valence-corrected chi connectivity index (χ2v) is 10.4. The standard InChI is InChI=1S/C26H24BrN3O3S/c1-28-12-14-29(15-13-28)19-8-10-20(11-9-19)30-23(21-3-2-16-34-21)22(25(32)26(30)33)24(31)17-4-6-18(27)7-5-17/h2-11,16,23,31H,12-15H2,1H3/b24-22-. The van der Waals surface area contributed by atoms with Crippen molar-refractivity contribution >= 4 is 56.1 Å². The first kappa shape index (κ1) is 22.8. The van der Waals surface area contributed by atoms with Crippen molar-refractivity contribution in [2.45, 2.75) is 6.04 Å². The van der Waals surface area contributed by atoms with Crippen molar-refractivity contribution in [3.8, 4) is 0 Å². The first-order valence-corrected chi connectivity index (χ1v) is 12.7. The SMILES string of the molecule is CN1CCN(c2ccc(N3C(=O)C(=O)/C(=C(\O)c4ccc(Br)cc4)C3c3cccs3)cc2)CC1. The number of piperazine rings is 1. The Bertz CT molecular complexity index is 1230. The number of nitrogens with zero attached hydrogens (tertiary/aromatic N) is 3. The first-order valence-electron chi connectivity index (χ1n) is 11.1. The molecule has 2 fully saturated rings. The Morgan fingerprint density at radius 2 is 1.59 bits per heavy atom. The third kappa shape index (κ3) is 4.17. The number of likely N-dealkylation sites (N-methyl/N-ethyl adjacent to an activating group) is 1. The van der Waals surface area contributed by atoms with Gasteiger partial charge >= 0.3 is 0 Å². The van der Waals surface area contributed by atoms with Crippen molar-refractivity contribution in [2.75, 3.05) is 43.0 Å². The zero-order chi connectivity index (χ0) is 23.8. The van der Waals surface area contributed by atoms with Crippen LogP contribution in [0.4, 0.5) is 11.4 Å². The Kier molecular flexibility index (Phi) is 6.29. The maximum absolute atomic E-state index is 13.2. The third-order valence-corrected chi connectivity index (χ3v) is 7.82. The number of aliphatic hydroxyl groups is 1. The zero-order valence-electron chi connectivity index (χ0n) is 18.6. The van der Waals surface area contributed by atoms with E-state index in [2.05, 4.69) is 32.8 Å². The number of thiophene rings is 1. The van der Waals surface area contributed by atoms with Crippen LogP contribution in [0, 0.1) is 0 Å². The van der Waals surface area contributed by atoms with Crippen LogP contribution in [0.1, 0.15) is 16.5 Å². The fourth-order valence-corrected chi connectivity index (χ4v) is 5.55. The molecule has 1 aromatic heterocycles. The second kappa shape index (κ2) is 9.37. The number of Topliss-reactive ketones (excluding diaryl/α,β-unsaturated/α-hetero) is 1. The number of halogens is 1. The number of benzene rings is 2. The number of carbonyl (C=O) groups excluding carboxylic acids is 2. The molecule has 1 unspecified atom stereocenters. The average Bonchev–Trinajstić information content (AvgIpc) is 3.47. The Morgan fingerprint density at radius 3 is 2.21 bits per heavy atom. The molecule has 8 heteroatoms.